The Balaban J connectivity index is 2.33. The predicted molar refractivity (Wildman–Crippen MR) is 75.0 cm³/mol. The van der Waals surface area contributed by atoms with Gasteiger partial charge in [0.15, 0.2) is 0 Å². The second-order valence-corrected chi connectivity index (χ2v) is 4.52. The van der Waals surface area contributed by atoms with Gasteiger partial charge in [-0.2, -0.15) is 0 Å². The predicted octanol–water partition coefficient (Wildman–Crippen LogP) is 2.60. The molecule has 0 spiro atoms. The van der Waals surface area contributed by atoms with Gasteiger partial charge in [0.05, 0.1) is 23.7 Å². The molecule has 5 nitrogen and oxygen atoms in total. The number of hydrogen-bond donors (Lipinski definition) is 1. The largest absolute Gasteiger partial charge is 0.465 e. The summed E-state index contributed by atoms with van der Waals surface area (Å²) in [6, 6.07) is 5.33. The molecule has 0 aliphatic rings. The number of imidazole rings is 1. The summed E-state index contributed by atoms with van der Waals surface area (Å²) in [5.74, 6) is 0.133. The van der Waals surface area contributed by atoms with E-state index in [0.29, 0.717) is 11.5 Å². The van der Waals surface area contributed by atoms with Crippen LogP contribution in [0.25, 0.3) is 11.0 Å². The van der Waals surface area contributed by atoms with Gasteiger partial charge in [-0.15, -0.1) is 0 Å². The number of nitrogens with zero attached hydrogens (tertiary/aromatic N) is 2. The highest BCUT2D eigenvalue weighted by molar-refractivity contribution is 5.94. The van der Waals surface area contributed by atoms with Crippen LogP contribution in [0.3, 0.4) is 0 Å². The van der Waals surface area contributed by atoms with E-state index in [1.165, 1.54) is 20.0 Å². The van der Waals surface area contributed by atoms with E-state index in [9.17, 15) is 4.79 Å². The first-order valence-corrected chi connectivity index (χ1v) is 6.51. The highest BCUT2D eigenvalue weighted by atomic mass is 16.5. The molecule has 0 saturated carbocycles. The van der Waals surface area contributed by atoms with Gasteiger partial charge in [0.25, 0.3) is 0 Å². The van der Waals surface area contributed by atoms with Gasteiger partial charge in [-0.1, -0.05) is 19.8 Å². The summed E-state index contributed by atoms with van der Waals surface area (Å²) in [4.78, 5) is 15.8. The molecule has 19 heavy (non-hydrogen) atoms. The summed E-state index contributed by atoms with van der Waals surface area (Å²) < 4.78 is 6.69. The fourth-order valence-corrected chi connectivity index (χ4v) is 2.15. The molecule has 2 rings (SSSR count). The molecule has 5 heteroatoms. The highest BCUT2D eigenvalue weighted by Gasteiger charge is 2.11. The number of rotatable bonds is 5. The maximum Gasteiger partial charge on any atom is 0.337 e. The third-order valence-corrected chi connectivity index (χ3v) is 3.18. The van der Waals surface area contributed by atoms with Crippen LogP contribution in [0, 0.1) is 0 Å². The van der Waals surface area contributed by atoms with E-state index in [4.69, 9.17) is 10.5 Å². The molecular weight excluding hydrogens is 242 g/mol. The van der Waals surface area contributed by atoms with Crippen LogP contribution in [0.4, 0.5) is 5.95 Å². The fourth-order valence-electron chi connectivity index (χ4n) is 2.15. The average molecular weight is 261 g/mol. The van der Waals surface area contributed by atoms with Crippen molar-refractivity contribution in [3.05, 3.63) is 23.8 Å². The van der Waals surface area contributed by atoms with Crippen LogP contribution in [-0.4, -0.2) is 22.6 Å². The van der Waals surface area contributed by atoms with Gasteiger partial charge in [-0.05, 0) is 24.6 Å². The fraction of sp³-hybridized carbons (Fsp3) is 0.429. The van der Waals surface area contributed by atoms with Crippen LogP contribution in [0.1, 0.15) is 36.5 Å². The van der Waals surface area contributed by atoms with Gasteiger partial charge in [0, 0.05) is 6.54 Å². The van der Waals surface area contributed by atoms with Crippen molar-refractivity contribution in [2.45, 2.75) is 32.7 Å². The number of carbonyl (C=O) groups is 1. The monoisotopic (exact) mass is 261 g/mol. The lowest BCUT2D eigenvalue weighted by Gasteiger charge is -2.05. The Morgan fingerprint density at radius 3 is 2.89 bits per heavy atom. The molecule has 1 aromatic carbocycles. The number of aryl methyl sites for hydroxylation is 1. The number of ether oxygens (including phenoxy) is 1. The number of benzene rings is 1. The first kappa shape index (κ1) is 13.4. The minimum Gasteiger partial charge on any atom is -0.465 e. The molecule has 0 atom stereocenters. The lowest BCUT2D eigenvalue weighted by molar-refractivity contribution is 0.0601. The molecule has 102 valence electrons. The Morgan fingerprint density at radius 2 is 2.21 bits per heavy atom. The molecule has 0 unspecified atom stereocenters. The van der Waals surface area contributed by atoms with Crippen LogP contribution in [0.15, 0.2) is 18.2 Å². The minimum atomic E-state index is -0.360. The number of esters is 1. The summed E-state index contributed by atoms with van der Waals surface area (Å²) in [6.45, 7) is 3.02. The minimum absolute atomic E-state index is 0.360. The molecule has 1 aromatic heterocycles. The third-order valence-electron chi connectivity index (χ3n) is 3.18. The average Bonchev–Trinajstić information content (AvgIpc) is 2.73. The summed E-state index contributed by atoms with van der Waals surface area (Å²) in [5.41, 5.74) is 8.12. The number of unbranched alkanes of at least 4 members (excludes halogenated alkanes) is 2. The molecular formula is C14H19N3O2. The molecule has 2 N–H and O–H groups in total. The topological polar surface area (TPSA) is 70.1 Å². The zero-order chi connectivity index (χ0) is 13.8. The van der Waals surface area contributed by atoms with Crippen molar-refractivity contribution in [3.8, 4) is 0 Å². The summed E-state index contributed by atoms with van der Waals surface area (Å²) in [5, 5.41) is 0. The third kappa shape index (κ3) is 2.70. The van der Waals surface area contributed by atoms with Gasteiger partial charge in [-0.25, -0.2) is 9.78 Å². The molecule has 0 radical (unpaired) electrons. The van der Waals surface area contributed by atoms with Crippen molar-refractivity contribution < 1.29 is 9.53 Å². The van der Waals surface area contributed by atoms with E-state index in [2.05, 4.69) is 11.9 Å². The van der Waals surface area contributed by atoms with Crippen LogP contribution in [-0.2, 0) is 11.3 Å². The van der Waals surface area contributed by atoms with Crippen molar-refractivity contribution in [2.24, 2.45) is 0 Å². The Hall–Kier alpha value is -2.04. The Bertz CT molecular complexity index is 590. The van der Waals surface area contributed by atoms with Crippen LogP contribution in [0.5, 0.6) is 0 Å². The normalized spacial score (nSPS) is 10.8. The Labute approximate surface area is 112 Å². The van der Waals surface area contributed by atoms with E-state index in [1.807, 2.05) is 10.6 Å². The van der Waals surface area contributed by atoms with E-state index in [-0.39, 0.29) is 5.97 Å². The molecule has 0 bridgehead atoms. The van der Waals surface area contributed by atoms with Crippen LogP contribution in [0.2, 0.25) is 0 Å². The smallest absolute Gasteiger partial charge is 0.337 e. The van der Waals surface area contributed by atoms with Gasteiger partial charge in [0.1, 0.15) is 0 Å². The summed E-state index contributed by atoms with van der Waals surface area (Å²) in [7, 11) is 1.37. The summed E-state index contributed by atoms with van der Waals surface area (Å²) in [6.07, 6.45) is 3.41. The number of nitrogens with two attached hydrogens (primary N) is 1. The first-order chi connectivity index (χ1) is 9.17. The number of nitrogen functional groups attached to an aromatic ring is 1. The molecule has 0 saturated heterocycles. The zero-order valence-electron chi connectivity index (χ0n) is 11.3. The van der Waals surface area contributed by atoms with Gasteiger partial charge in [-0.3, -0.25) is 0 Å². The van der Waals surface area contributed by atoms with Gasteiger partial charge in [0.2, 0.25) is 5.95 Å². The molecule has 0 amide bonds. The van der Waals surface area contributed by atoms with Gasteiger partial charge < -0.3 is 15.0 Å². The quantitative estimate of drug-likeness (QED) is 0.663. The lowest BCUT2D eigenvalue weighted by Crippen LogP contribution is -2.03. The Morgan fingerprint density at radius 1 is 1.42 bits per heavy atom. The maximum absolute atomic E-state index is 11.5. The number of methoxy groups -OCH3 is 1. The van der Waals surface area contributed by atoms with Crippen molar-refractivity contribution in [3.63, 3.8) is 0 Å². The Kier molecular flexibility index (Phi) is 4.04. The molecule has 1 heterocycles. The van der Waals surface area contributed by atoms with Crippen molar-refractivity contribution in [1.29, 1.82) is 0 Å². The second kappa shape index (κ2) is 5.73. The number of hydrogen-bond acceptors (Lipinski definition) is 4. The van der Waals surface area contributed by atoms with E-state index in [0.717, 1.165) is 24.0 Å². The van der Waals surface area contributed by atoms with Crippen molar-refractivity contribution in [1.82, 2.24) is 9.55 Å². The molecule has 2 aromatic rings. The molecule has 0 fully saturated rings. The standard InChI is InChI=1S/C14H19N3O2/c1-3-4-5-8-17-12-7-6-10(13(18)19-2)9-11(12)16-14(17)15/h6-7,9H,3-5,8H2,1-2H3,(H2,15,16). The van der Waals surface area contributed by atoms with Crippen molar-refractivity contribution >= 4 is 23.0 Å². The molecule has 0 aliphatic carbocycles. The number of anilines is 1. The SMILES string of the molecule is CCCCCn1c(N)nc2cc(C(=O)OC)ccc21. The number of carbonyl (C=O) groups excluding carboxylic acids is 1. The maximum atomic E-state index is 11.5. The molecule has 0 aliphatic heterocycles. The number of aromatic nitrogens is 2. The highest BCUT2D eigenvalue weighted by Crippen LogP contribution is 2.20. The summed E-state index contributed by atoms with van der Waals surface area (Å²) >= 11 is 0. The number of fused-ring (bicyclic) bond motifs is 1. The van der Waals surface area contributed by atoms with Crippen molar-refractivity contribution in [2.75, 3.05) is 12.8 Å². The second-order valence-electron chi connectivity index (χ2n) is 4.52. The van der Waals surface area contributed by atoms with E-state index in [1.54, 1.807) is 12.1 Å². The van der Waals surface area contributed by atoms with E-state index >= 15 is 0 Å². The first-order valence-electron chi connectivity index (χ1n) is 6.51. The van der Waals surface area contributed by atoms with Crippen LogP contribution < -0.4 is 5.73 Å². The zero-order valence-corrected chi connectivity index (χ0v) is 11.3. The lowest BCUT2D eigenvalue weighted by atomic mass is 10.2. The van der Waals surface area contributed by atoms with E-state index < -0.39 is 0 Å². The van der Waals surface area contributed by atoms with Crippen LogP contribution >= 0.6 is 0 Å². The van der Waals surface area contributed by atoms with Gasteiger partial charge >= 0.3 is 5.97 Å².